The van der Waals surface area contributed by atoms with Crippen molar-refractivity contribution in [2.45, 2.75) is 12.7 Å². The molecule has 11 heteroatoms. The number of nitrogens with zero attached hydrogens (tertiary/aromatic N) is 5. The van der Waals surface area contributed by atoms with Gasteiger partial charge < -0.3 is 5.32 Å². The third kappa shape index (κ3) is 5.14. The third-order valence-corrected chi connectivity index (χ3v) is 4.53. The van der Waals surface area contributed by atoms with Crippen LogP contribution >= 0.6 is 0 Å². The van der Waals surface area contributed by atoms with E-state index in [1.54, 1.807) is 18.5 Å². The Labute approximate surface area is 184 Å². The Morgan fingerprint density at radius 3 is 2.39 bits per heavy atom. The third-order valence-electron chi connectivity index (χ3n) is 4.53. The highest BCUT2D eigenvalue weighted by atomic mass is 19.4. The van der Waals surface area contributed by atoms with Gasteiger partial charge in [0.1, 0.15) is 22.9 Å². The molecule has 1 N–H and O–H groups in total. The first kappa shape index (κ1) is 21.9. The van der Waals surface area contributed by atoms with Gasteiger partial charge in [-0.25, -0.2) is 4.39 Å². The number of pyridine rings is 3. The predicted octanol–water partition coefficient (Wildman–Crippen LogP) is 4.08. The van der Waals surface area contributed by atoms with Crippen molar-refractivity contribution >= 4 is 5.91 Å². The van der Waals surface area contributed by atoms with Gasteiger partial charge >= 0.3 is 6.18 Å². The number of hydrogen-bond acceptors (Lipinski definition) is 6. The molecule has 33 heavy (non-hydrogen) atoms. The van der Waals surface area contributed by atoms with Crippen LogP contribution in [0.2, 0.25) is 0 Å². The van der Waals surface area contributed by atoms with Crippen LogP contribution < -0.4 is 5.32 Å². The average molecular weight is 454 g/mol. The van der Waals surface area contributed by atoms with E-state index in [0.717, 1.165) is 18.3 Å². The largest absolute Gasteiger partial charge is 0.433 e. The van der Waals surface area contributed by atoms with Gasteiger partial charge in [-0.05, 0) is 35.9 Å². The lowest BCUT2D eigenvalue weighted by Crippen LogP contribution is -2.24. The van der Waals surface area contributed by atoms with Gasteiger partial charge in [0, 0.05) is 48.7 Å². The summed E-state index contributed by atoms with van der Waals surface area (Å²) >= 11 is 0. The molecule has 4 aromatic heterocycles. The zero-order valence-electron chi connectivity index (χ0n) is 16.7. The molecule has 4 heterocycles. The zero-order chi connectivity index (χ0) is 23.4. The van der Waals surface area contributed by atoms with E-state index in [-0.39, 0.29) is 23.5 Å². The molecule has 0 spiro atoms. The standard InChI is InChI=1S/C22H14F4N6O/c23-16-7-13(9-31-20(16)14-3-4-29-19(8-14)22(24,25)26)10-32-21(33)17-2-1-15(11-30-17)18-12-27-5-6-28-18/h1-9,11-12H,10H2,(H,32,33). The number of hydrogen-bond donors (Lipinski definition) is 1. The van der Waals surface area contributed by atoms with E-state index >= 15 is 0 Å². The monoisotopic (exact) mass is 454 g/mol. The average Bonchev–Trinajstić information content (AvgIpc) is 2.83. The zero-order valence-corrected chi connectivity index (χ0v) is 16.7. The number of alkyl halides is 3. The summed E-state index contributed by atoms with van der Waals surface area (Å²) in [5.74, 6) is -1.32. The second-order valence-electron chi connectivity index (χ2n) is 6.81. The quantitative estimate of drug-likeness (QED) is 0.457. The number of nitrogens with one attached hydrogen (secondary N) is 1. The minimum atomic E-state index is -4.66. The van der Waals surface area contributed by atoms with Crippen molar-refractivity contribution in [3.8, 4) is 22.5 Å². The van der Waals surface area contributed by atoms with Crippen molar-refractivity contribution in [3.63, 3.8) is 0 Å². The first-order valence-corrected chi connectivity index (χ1v) is 9.50. The number of amides is 1. The van der Waals surface area contributed by atoms with Crippen LogP contribution in [0.3, 0.4) is 0 Å². The van der Waals surface area contributed by atoms with E-state index in [9.17, 15) is 22.4 Å². The fourth-order valence-corrected chi connectivity index (χ4v) is 2.92. The van der Waals surface area contributed by atoms with E-state index in [1.165, 1.54) is 30.7 Å². The second-order valence-corrected chi connectivity index (χ2v) is 6.81. The topological polar surface area (TPSA) is 93.6 Å². The maximum absolute atomic E-state index is 14.5. The maximum atomic E-state index is 14.5. The van der Waals surface area contributed by atoms with Crippen molar-refractivity contribution in [1.29, 1.82) is 0 Å². The number of carbonyl (C=O) groups is 1. The van der Waals surface area contributed by atoms with Gasteiger partial charge in [-0.2, -0.15) is 13.2 Å². The van der Waals surface area contributed by atoms with Gasteiger partial charge in [-0.1, -0.05) is 0 Å². The molecule has 1 amide bonds. The SMILES string of the molecule is O=C(NCc1cnc(-c2ccnc(C(F)(F)F)c2)c(F)c1)c1ccc(-c2cnccn2)cn1. The summed E-state index contributed by atoms with van der Waals surface area (Å²) in [5, 5.41) is 2.60. The molecule has 0 saturated heterocycles. The summed E-state index contributed by atoms with van der Waals surface area (Å²) in [6.45, 7) is -0.0548. The molecule has 0 unspecified atom stereocenters. The molecular formula is C22H14F4N6O. The van der Waals surface area contributed by atoms with Crippen LogP contribution in [0.4, 0.5) is 17.6 Å². The molecule has 7 nitrogen and oxygen atoms in total. The first-order valence-electron chi connectivity index (χ1n) is 9.50. The number of aromatic nitrogens is 5. The van der Waals surface area contributed by atoms with E-state index in [4.69, 9.17) is 0 Å². The molecule has 0 aliphatic rings. The van der Waals surface area contributed by atoms with Gasteiger partial charge in [-0.3, -0.25) is 29.7 Å². The molecule has 0 radical (unpaired) electrons. The minimum Gasteiger partial charge on any atom is -0.347 e. The van der Waals surface area contributed by atoms with Crippen LogP contribution in [0.15, 0.2) is 67.5 Å². The van der Waals surface area contributed by atoms with Crippen LogP contribution in [-0.4, -0.2) is 30.8 Å². The van der Waals surface area contributed by atoms with Gasteiger partial charge in [-0.15, -0.1) is 0 Å². The molecule has 0 aliphatic carbocycles. The smallest absolute Gasteiger partial charge is 0.347 e. The highest BCUT2D eigenvalue weighted by Crippen LogP contribution is 2.30. The van der Waals surface area contributed by atoms with Crippen molar-refractivity contribution < 1.29 is 22.4 Å². The highest BCUT2D eigenvalue weighted by molar-refractivity contribution is 5.92. The first-order chi connectivity index (χ1) is 15.8. The van der Waals surface area contributed by atoms with E-state index in [0.29, 0.717) is 16.8 Å². The molecule has 166 valence electrons. The van der Waals surface area contributed by atoms with Crippen molar-refractivity contribution in [2.75, 3.05) is 0 Å². The van der Waals surface area contributed by atoms with Gasteiger partial charge in [0.2, 0.25) is 0 Å². The fraction of sp³-hybridized carbons (Fsp3) is 0.0909. The molecule has 0 aliphatic heterocycles. The van der Waals surface area contributed by atoms with E-state index in [1.807, 2.05) is 0 Å². The highest BCUT2D eigenvalue weighted by Gasteiger charge is 2.32. The van der Waals surface area contributed by atoms with E-state index < -0.39 is 23.6 Å². The van der Waals surface area contributed by atoms with Crippen molar-refractivity contribution in [1.82, 2.24) is 30.2 Å². The normalized spacial score (nSPS) is 11.3. The van der Waals surface area contributed by atoms with E-state index in [2.05, 4.69) is 30.2 Å². The molecule has 0 saturated carbocycles. The Morgan fingerprint density at radius 2 is 1.73 bits per heavy atom. The summed E-state index contributed by atoms with van der Waals surface area (Å²) in [7, 11) is 0. The van der Waals surface area contributed by atoms with Gasteiger partial charge in [0.15, 0.2) is 0 Å². The van der Waals surface area contributed by atoms with Gasteiger partial charge in [0.25, 0.3) is 5.91 Å². The lowest BCUT2D eigenvalue weighted by atomic mass is 10.1. The molecule has 0 fully saturated rings. The Bertz CT molecular complexity index is 1280. The molecular weight excluding hydrogens is 440 g/mol. The lowest BCUT2D eigenvalue weighted by Gasteiger charge is -2.09. The van der Waals surface area contributed by atoms with Crippen LogP contribution in [0, 0.1) is 5.82 Å². The minimum absolute atomic E-state index is 0.0548. The second kappa shape index (κ2) is 9.07. The summed E-state index contributed by atoms with van der Waals surface area (Å²) in [5.41, 5.74) is 0.309. The fourth-order valence-electron chi connectivity index (χ4n) is 2.92. The van der Waals surface area contributed by atoms with Crippen molar-refractivity contribution in [3.05, 3.63) is 90.3 Å². The summed E-state index contributed by atoms with van der Waals surface area (Å²) < 4.78 is 53.1. The molecule has 4 rings (SSSR count). The summed E-state index contributed by atoms with van der Waals surface area (Å²) in [6, 6.07) is 6.25. The number of halogens is 4. The molecule has 0 atom stereocenters. The predicted molar refractivity (Wildman–Crippen MR) is 109 cm³/mol. The van der Waals surface area contributed by atoms with Crippen LogP contribution in [0.5, 0.6) is 0 Å². The van der Waals surface area contributed by atoms with Gasteiger partial charge in [0.05, 0.1) is 11.9 Å². The van der Waals surface area contributed by atoms with Crippen LogP contribution in [0.25, 0.3) is 22.5 Å². The number of carbonyl (C=O) groups excluding carboxylic acids is 1. The lowest BCUT2D eigenvalue weighted by molar-refractivity contribution is -0.141. The molecule has 4 aromatic rings. The maximum Gasteiger partial charge on any atom is 0.433 e. The summed E-state index contributed by atoms with van der Waals surface area (Å²) in [4.78, 5) is 31.7. The molecule has 0 aromatic carbocycles. The Hall–Kier alpha value is -4.28. The Kier molecular flexibility index (Phi) is 6.03. The molecule has 0 bridgehead atoms. The number of rotatable bonds is 5. The summed E-state index contributed by atoms with van der Waals surface area (Å²) in [6.07, 6.45) is 3.69. The Morgan fingerprint density at radius 1 is 0.879 bits per heavy atom. The Balaban J connectivity index is 1.43. The van der Waals surface area contributed by atoms with Crippen LogP contribution in [-0.2, 0) is 12.7 Å². The van der Waals surface area contributed by atoms with Crippen molar-refractivity contribution in [2.24, 2.45) is 0 Å². The van der Waals surface area contributed by atoms with Crippen LogP contribution in [0.1, 0.15) is 21.7 Å².